The number of hydrogen-bond donors (Lipinski definition) is 1. The number of hydrogen-bond acceptors (Lipinski definition) is 2. The van der Waals surface area contributed by atoms with Gasteiger partial charge in [-0.2, -0.15) is 0 Å². The summed E-state index contributed by atoms with van der Waals surface area (Å²) in [7, 11) is 0. The number of ether oxygens (including phenoxy) is 1. The van der Waals surface area contributed by atoms with E-state index in [1.54, 1.807) is 0 Å². The molecule has 1 aromatic heterocycles. The van der Waals surface area contributed by atoms with Gasteiger partial charge in [0.25, 0.3) is 0 Å². The van der Waals surface area contributed by atoms with Crippen LogP contribution in [0.1, 0.15) is 29.3 Å². The highest BCUT2D eigenvalue weighted by atomic mass is 16.6. The second kappa shape index (κ2) is 6.71. The Hall–Kier alpha value is -3.27. The maximum atomic E-state index is 13.1. The normalized spacial score (nSPS) is 20.4. The van der Waals surface area contributed by atoms with E-state index in [1.807, 2.05) is 47.4 Å². The van der Waals surface area contributed by atoms with Crippen molar-refractivity contribution in [1.82, 2.24) is 9.88 Å². The van der Waals surface area contributed by atoms with Crippen LogP contribution in [0.25, 0.3) is 10.9 Å². The largest absolute Gasteiger partial charge is 0.445 e. The first-order chi connectivity index (χ1) is 13.8. The van der Waals surface area contributed by atoms with Gasteiger partial charge in [-0.05, 0) is 35.6 Å². The third-order valence-electron chi connectivity index (χ3n) is 5.86. The van der Waals surface area contributed by atoms with Gasteiger partial charge in [-0.15, -0.1) is 0 Å². The predicted octanol–water partition coefficient (Wildman–Crippen LogP) is 5.29. The summed E-state index contributed by atoms with van der Waals surface area (Å²) in [5, 5.41) is 1.25. The van der Waals surface area contributed by atoms with E-state index in [0.29, 0.717) is 0 Å². The lowest BCUT2D eigenvalue weighted by Crippen LogP contribution is -2.50. The summed E-state index contributed by atoms with van der Waals surface area (Å²) in [5.41, 5.74) is 5.66. The van der Waals surface area contributed by atoms with Gasteiger partial charge in [0, 0.05) is 16.6 Å². The first-order valence-corrected chi connectivity index (χ1v) is 9.67. The molecule has 0 saturated carbocycles. The fraction of sp³-hybridized carbons (Fsp3) is 0.208. The average molecular weight is 370 g/mol. The molecule has 140 valence electrons. The van der Waals surface area contributed by atoms with Crippen LogP contribution in [0.15, 0.2) is 78.9 Å². The molecule has 2 aliphatic rings. The molecule has 0 unspecified atom stereocenters. The van der Waals surface area contributed by atoms with Gasteiger partial charge >= 0.3 is 6.09 Å². The lowest BCUT2D eigenvalue weighted by atomic mass is 9.82. The number of para-hydroxylation sites is 1. The number of carbonyl (C=O) groups excluding carboxylic acids is 1. The standard InChI is InChI=1S/C24H22N2O2/c1-2-17-12-13-21-23-19(18-10-6-7-11-20(18)25-23)14-22(17)26(21)24(27)28-15-16-8-4-3-5-9-16/h2-12,21-22,25H,1,13-15H2/t21-,22-/m0/s1. The van der Waals surface area contributed by atoms with Crippen molar-refractivity contribution in [1.29, 1.82) is 0 Å². The highest BCUT2D eigenvalue weighted by Crippen LogP contribution is 2.44. The molecule has 2 atom stereocenters. The van der Waals surface area contributed by atoms with Crippen LogP contribution in [0.4, 0.5) is 4.79 Å². The van der Waals surface area contributed by atoms with Gasteiger partial charge in [0.05, 0.1) is 12.1 Å². The minimum absolute atomic E-state index is 0.0341. The van der Waals surface area contributed by atoms with E-state index in [2.05, 4.69) is 35.8 Å². The maximum Gasteiger partial charge on any atom is 0.411 e. The van der Waals surface area contributed by atoms with Crippen LogP contribution >= 0.6 is 0 Å². The van der Waals surface area contributed by atoms with E-state index >= 15 is 0 Å². The van der Waals surface area contributed by atoms with Gasteiger partial charge < -0.3 is 9.72 Å². The Morgan fingerprint density at radius 2 is 1.93 bits per heavy atom. The van der Waals surface area contributed by atoms with Gasteiger partial charge in [0.2, 0.25) is 0 Å². The van der Waals surface area contributed by atoms with Crippen molar-refractivity contribution in [3.05, 3.63) is 95.7 Å². The van der Waals surface area contributed by atoms with Crippen LogP contribution in [-0.4, -0.2) is 22.0 Å². The number of rotatable bonds is 3. The zero-order valence-corrected chi connectivity index (χ0v) is 15.6. The number of H-pyrrole nitrogens is 1. The highest BCUT2D eigenvalue weighted by molar-refractivity contribution is 5.86. The van der Waals surface area contributed by atoms with Gasteiger partial charge in [-0.3, -0.25) is 4.90 Å². The molecule has 3 heterocycles. The van der Waals surface area contributed by atoms with Crippen molar-refractivity contribution in [3.63, 3.8) is 0 Å². The molecule has 1 N–H and O–H groups in total. The van der Waals surface area contributed by atoms with Crippen molar-refractivity contribution < 1.29 is 9.53 Å². The summed E-state index contributed by atoms with van der Waals surface area (Å²) in [4.78, 5) is 18.6. The number of nitrogens with zero attached hydrogens (tertiary/aromatic N) is 1. The van der Waals surface area contributed by atoms with Crippen molar-refractivity contribution >= 4 is 17.0 Å². The van der Waals surface area contributed by atoms with Crippen LogP contribution in [0.3, 0.4) is 0 Å². The van der Waals surface area contributed by atoms with Crippen molar-refractivity contribution in [3.8, 4) is 0 Å². The molecule has 4 heteroatoms. The molecule has 0 radical (unpaired) electrons. The summed E-state index contributed by atoms with van der Waals surface area (Å²) in [6, 6.07) is 18.1. The number of aromatic amines is 1. The third-order valence-corrected chi connectivity index (χ3v) is 5.86. The monoisotopic (exact) mass is 370 g/mol. The molecule has 1 amide bonds. The number of fused-ring (bicyclic) bond motifs is 6. The van der Waals surface area contributed by atoms with Crippen molar-refractivity contribution in [2.45, 2.75) is 31.5 Å². The minimum Gasteiger partial charge on any atom is -0.445 e. The third kappa shape index (κ3) is 2.64. The predicted molar refractivity (Wildman–Crippen MR) is 110 cm³/mol. The van der Waals surface area contributed by atoms with E-state index < -0.39 is 0 Å². The summed E-state index contributed by atoms with van der Waals surface area (Å²) in [6.45, 7) is 4.25. The summed E-state index contributed by atoms with van der Waals surface area (Å²) < 4.78 is 5.70. The average Bonchev–Trinajstić information content (AvgIpc) is 3.11. The number of aromatic nitrogens is 1. The number of carbonyl (C=O) groups is 1. The molecule has 2 bridgehead atoms. The molecular formula is C24H22N2O2. The maximum absolute atomic E-state index is 13.1. The molecule has 2 aromatic carbocycles. The van der Waals surface area contributed by atoms with Crippen LogP contribution in [0.2, 0.25) is 0 Å². The Labute approximate surface area is 164 Å². The molecule has 2 aliphatic heterocycles. The number of nitrogens with one attached hydrogen (secondary N) is 1. The zero-order valence-electron chi connectivity index (χ0n) is 15.6. The number of amides is 1. The fourth-order valence-electron chi connectivity index (χ4n) is 4.53. The van der Waals surface area contributed by atoms with Crippen LogP contribution in [0, 0.1) is 0 Å². The SMILES string of the molecule is C=CC1=CC[C@H]2c3[nH]c4ccccc4c3C[C@@H]1N2C(=O)OCc1ccccc1. The zero-order chi connectivity index (χ0) is 19.1. The van der Waals surface area contributed by atoms with Crippen LogP contribution in [-0.2, 0) is 17.8 Å². The molecule has 0 aliphatic carbocycles. The molecular weight excluding hydrogens is 348 g/mol. The van der Waals surface area contributed by atoms with Gasteiger partial charge in [-0.1, -0.05) is 67.3 Å². The van der Waals surface area contributed by atoms with E-state index in [9.17, 15) is 4.79 Å². The fourth-order valence-corrected chi connectivity index (χ4v) is 4.53. The van der Waals surface area contributed by atoms with Crippen molar-refractivity contribution in [2.75, 3.05) is 0 Å². The Balaban J connectivity index is 1.49. The minimum atomic E-state index is -0.268. The molecule has 0 fully saturated rings. The Kier molecular flexibility index (Phi) is 4.05. The molecule has 4 nitrogen and oxygen atoms in total. The summed E-state index contributed by atoms with van der Waals surface area (Å²) in [6.07, 6.45) is 5.35. The smallest absolute Gasteiger partial charge is 0.411 e. The Morgan fingerprint density at radius 1 is 1.14 bits per heavy atom. The summed E-state index contributed by atoms with van der Waals surface area (Å²) in [5.74, 6) is 0. The van der Waals surface area contributed by atoms with Gasteiger partial charge in [-0.25, -0.2) is 4.79 Å². The quantitative estimate of drug-likeness (QED) is 0.681. The molecule has 5 rings (SSSR count). The highest BCUT2D eigenvalue weighted by Gasteiger charge is 2.43. The Morgan fingerprint density at radius 3 is 2.75 bits per heavy atom. The van der Waals surface area contributed by atoms with E-state index in [-0.39, 0.29) is 24.8 Å². The first kappa shape index (κ1) is 16.9. The molecule has 0 saturated heterocycles. The van der Waals surface area contributed by atoms with E-state index in [4.69, 9.17) is 4.74 Å². The lowest BCUT2D eigenvalue weighted by molar-refractivity contribution is 0.0586. The molecule has 28 heavy (non-hydrogen) atoms. The van der Waals surface area contributed by atoms with Crippen LogP contribution in [0.5, 0.6) is 0 Å². The first-order valence-electron chi connectivity index (χ1n) is 9.67. The van der Waals surface area contributed by atoms with Crippen molar-refractivity contribution in [2.24, 2.45) is 0 Å². The topological polar surface area (TPSA) is 45.3 Å². The van der Waals surface area contributed by atoms with E-state index in [1.165, 1.54) is 10.9 Å². The van der Waals surface area contributed by atoms with E-state index in [0.717, 1.165) is 35.2 Å². The Bertz CT molecular complexity index is 1080. The molecule has 3 aromatic rings. The second-order valence-electron chi connectivity index (χ2n) is 7.39. The van der Waals surface area contributed by atoms with Crippen LogP contribution < -0.4 is 0 Å². The van der Waals surface area contributed by atoms with Gasteiger partial charge in [0.1, 0.15) is 6.61 Å². The molecule has 0 spiro atoms. The van der Waals surface area contributed by atoms with Gasteiger partial charge in [0.15, 0.2) is 0 Å². The number of benzene rings is 2. The second-order valence-corrected chi connectivity index (χ2v) is 7.39. The lowest BCUT2D eigenvalue weighted by Gasteiger charge is -2.44. The summed E-state index contributed by atoms with van der Waals surface area (Å²) >= 11 is 0.